The monoisotopic (exact) mass is 186 g/mol. The van der Waals surface area contributed by atoms with Gasteiger partial charge in [-0.05, 0) is 32.5 Å². The lowest BCUT2D eigenvalue weighted by molar-refractivity contribution is 0.182. The molecule has 1 N–H and O–H groups in total. The van der Waals surface area contributed by atoms with Gasteiger partial charge in [-0.15, -0.1) is 0 Å². The lowest BCUT2D eigenvalue weighted by Gasteiger charge is -2.22. The van der Waals surface area contributed by atoms with E-state index in [-0.39, 0.29) is 6.61 Å². The molecule has 1 rings (SSSR count). The Bertz CT molecular complexity index is 139. The summed E-state index contributed by atoms with van der Waals surface area (Å²) in [6.45, 7) is 7.95. The fraction of sp³-hybridized carbons (Fsp3) is 1.00. The second-order valence-electron chi connectivity index (χ2n) is 4.03. The summed E-state index contributed by atoms with van der Waals surface area (Å²) < 4.78 is 0. The van der Waals surface area contributed by atoms with Crippen LogP contribution in [0.15, 0.2) is 0 Å². The third-order valence-electron chi connectivity index (χ3n) is 2.87. The van der Waals surface area contributed by atoms with Crippen molar-refractivity contribution in [2.75, 3.05) is 46.4 Å². The molecule has 0 aliphatic carbocycles. The molecule has 1 aliphatic heterocycles. The highest BCUT2D eigenvalue weighted by atomic mass is 16.3. The molecule has 0 saturated carbocycles. The van der Waals surface area contributed by atoms with Crippen LogP contribution in [-0.4, -0.2) is 61.3 Å². The minimum absolute atomic E-state index is 0.288. The van der Waals surface area contributed by atoms with Gasteiger partial charge in [0.1, 0.15) is 0 Å². The minimum atomic E-state index is 0.288. The van der Waals surface area contributed by atoms with E-state index in [9.17, 15) is 0 Å². The highest BCUT2D eigenvalue weighted by Crippen LogP contribution is 2.15. The third kappa shape index (κ3) is 3.63. The first kappa shape index (κ1) is 11.0. The number of nitrogens with zero attached hydrogens (tertiary/aromatic N) is 2. The van der Waals surface area contributed by atoms with E-state index in [2.05, 4.69) is 23.8 Å². The zero-order valence-corrected chi connectivity index (χ0v) is 8.87. The molecule has 13 heavy (non-hydrogen) atoms. The molecule has 3 heteroatoms. The molecule has 0 unspecified atom stereocenters. The number of hydrogen-bond acceptors (Lipinski definition) is 3. The molecule has 0 aromatic heterocycles. The number of rotatable bonds is 5. The van der Waals surface area contributed by atoms with Gasteiger partial charge < -0.3 is 14.9 Å². The first-order chi connectivity index (χ1) is 6.26. The van der Waals surface area contributed by atoms with Crippen molar-refractivity contribution < 1.29 is 5.11 Å². The SMILES string of the molecule is CCN(CCO)C[C@@H]1CCN(C)C1. The van der Waals surface area contributed by atoms with E-state index in [4.69, 9.17) is 5.11 Å². The maximum absolute atomic E-state index is 8.84. The van der Waals surface area contributed by atoms with Crippen molar-refractivity contribution in [2.45, 2.75) is 13.3 Å². The van der Waals surface area contributed by atoms with Crippen LogP contribution >= 0.6 is 0 Å². The van der Waals surface area contributed by atoms with Crippen LogP contribution in [-0.2, 0) is 0 Å². The molecule has 1 atom stereocenters. The Morgan fingerprint density at radius 1 is 1.54 bits per heavy atom. The van der Waals surface area contributed by atoms with Crippen LogP contribution in [0.4, 0.5) is 0 Å². The quantitative estimate of drug-likeness (QED) is 0.667. The lowest BCUT2D eigenvalue weighted by Crippen LogP contribution is -2.32. The van der Waals surface area contributed by atoms with E-state index in [1.54, 1.807) is 0 Å². The number of aliphatic hydroxyl groups is 1. The van der Waals surface area contributed by atoms with Crippen molar-refractivity contribution in [2.24, 2.45) is 5.92 Å². The molecule has 0 radical (unpaired) electrons. The summed E-state index contributed by atoms with van der Waals surface area (Å²) in [4.78, 5) is 4.72. The fourth-order valence-electron chi connectivity index (χ4n) is 2.06. The van der Waals surface area contributed by atoms with E-state index in [0.717, 1.165) is 25.6 Å². The van der Waals surface area contributed by atoms with Crippen LogP contribution < -0.4 is 0 Å². The fourth-order valence-corrected chi connectivity index (χ4v) is 2.06. The average molecular weight is 186 g/mol. The molecule has 1 aliphatic rings. The second-order valence-corrected chi connectivity index (χ2v) is 4.03. The summed E-state index contributed by atoms with van der Waals surface area (Å²) >= 11 is 0. The molecule has 0 amide bonds. The van der Waals surface area contributed by atoms with E-state index in [1.807, 2.05) is 0 Å². The molecule has 0 spiro atoms. The van der Waals surface area contributed by atoms with Gasteiger partial charge in [-0.1, -0.05) is 6.92 Å². The minimum Gasteiger partial charge on any atom is -0.395 e. The van der Waals surface area contributed by atoms with Gasteiger partial charge in [0.05, 0.1) is 6.61 Å². The van der Waals surface area contributed by atoms with Gasteiger partial charge in [-0.2, -0.15) is 0 Å². The van der Waals surface area contributed by atoms with Crippen molar-refractivity contribution in [1.82, 2.24) is 9.80 Å². The van der Waals surface area contributed by atoms with Gasteiger partial charge in [0.15, 0.2) is 0 Å². The van der Waals surface area contributed by atoms with Crippen LogP contribution in [0, 0.1) is 5.92 Å². The van der Waals surface area contributed by atoms with E-state index in [0.29, 0.717) is 0 Å². The maximum atomic E-state index is 8.84. The summed E-state index contributed by atoms with van der Waals surface area (Å²) in [6.07, 6.45) is 1.32. The van der Waals surface area contributed by atoms with Gasteiger partial charge in [-0.25, -0.2) is 0 Å². The van der Waals surface area contributed by atoms with Crippen molar-refractivity contribution >= 4 is 0 Å². The van der Waals surface area contributed by atoms with Crippen molar-refractivity contribution in [1.29, 1.82) is 0 Å². The van der Waals surface area contributed by atoms with E-state index in [1.165, 1.54) is 19.5 Å². The largest absolute Gasteiger partial charge is 0.395 e. The molecular weight excluding hydrogens is 164 g/mol. The molecule has 0 bridgehead atoms. The van der Waals surface area contributed by atoms with Crippen LogP contribution in [0.1, 0.15) is 13.3 Å². The first-order valence-electron chi connectivity index (χ1n) is 5.28. The van der Waals surface area contributed by atoms with Crippen LogP contribution in [0.3, 0.4) is 0 Å². The van der Waals surface area contributed by atoms with Crippen molar-refractivity contribution in [3.63, 3.8) is 0 Å². The van der Waals surface area contributed by atoms with Gasteiger partial charge in [0.25, 0.3) is 0 Å². The summed E-state index contributed by atoms with van der Waals surface area (Å²) in [5.74, 6) is 0.816. The Morgan fingerprint density at radius 2 is 2.31 bits per heavy atom. The Hall–Kier alpha value is -0.120. The van der Waals surface area contributed by atoms with Crippen molar-refractivity contribution in [3.05, 3.63) is 0 Å². The van der Waals surface area contributed by atoms with Gasteiger partial charge >= 0.3 is 0 Å². The Labute approximate surface area is 81.3 Å². The van der Waals surface area contributed by atoms with E-state index < -0.39 is 0 Å². The molecular formula is C10H22N2O. The maximum Gasteiger partial charge on any atom is 0.0558 e. The van der Waals surface area contributed by atoms with Gasteiger partial charge in [0, 0.05) is 19.6 Å². The Morgan fingerprint density at radius 3 is 2.77 bits per heavy atom. The number of likely N-dealkylation sites (tertiary alicyclic amines) is 1. The van der Waals surface area contributed by atoms with Crippen LogP contribution in [0.5, 0.6) is 0 Å². The molecule has 0 aromatic rings. The predicted molar refractivity (Wildman–Crippen MR) is 54.8 cm³/mol. The summed E-state index contributed by atoms with van der Waals surface area (Å²) in [6, 6.07) is 0. The highest BCUT2D eigenvalue weighted by molar-refractivity contribution is 4.75. The molecule has 0 aromatic carbocycles. The highest BCUT2D eigenvalue weighted by Gasteiger charge is 2.20. The zero-order valence-electron chi connectivity index (χ0n) is 8.87. The zero-order chi connectivity index (χ0) is 9.68. The Balaban J connectivity index is 2.21. The standard InChI is InChI=1S/C10H22N2O/c1-3-12(6-7-13)9-10-4-5-11(2)8-10/h10,13H,3-9H2,1-2H3/t10-/m1/s1. The number of hydrogen-bond donors (Lipinski definition) is 1. The summed E-state index contributed by atoms with van der Waals surface area (Å²) in [5, 5.41) is 8.84. The Kier molecular flexibility index (Phi) is 4.70. The average Bonchev–Trinajstić information content (AvgIpc) is 2.50. The normalized spacial score (nSPS) is 24.5. The number of aliphatic hydroxyl groups excluding tert-OH is 1. The van der Waals surface area contributed by atoms with Crippen LogP contribution in [0.2, 0.25) is 0 Å². The smallest absolute Gasteiger partial charge is 0.0558 e. The summed E-state index contributed by atoms with van der Waals surface area (Å²) in [5.41, 5.74) is 0. The van der Waals surface area contributed by atoms with E-state index >= 15 is 0 Å². The predicted octanol–water partition coefficient (Wildman–Crippen LogP) is 0.252. The lowest BCUT2D eigenvalue weighted by atomic mass is 10.1. The molecule has 78 valence electrons. The molecule has 1 heterocycles. The van der Waals surface area contributed by atoms with Crippen LogP contribution in [0.25, 0.3) is 0 Å². The number of likely N-dealkylation sites (N-methyl/N-ethyl adjacent to an activating group) is 1. The van der Waals surface area contributed by atoms with Crippen molar-refractivity contribution in [3.8, 4) is 0 Å². The second kappa shape index (κ2) is 5.58. The third-order valence-corrected chi connectivity index (χ3v) is 2.87. The van der Waals surface area contributed by atoms with Gasteiger partial charge in [-0.3, -0.25) is 0 Å². The first-order valence-corrected chi connectivity index (χ1v) is 5.28. The molecule has 1 fully saturated rings. The molecule has 1 saturated heterocycles. The summed E-state index contributed by atoms with van der Waals surface area (Å²) in [7, 11) is 2.18. The molecule has 3 nitrogen and oxygen atoms in total. The van der Waals surface area contributed by atoms with Gasteiger partial charge in [0.2, 0.25) is 0 Å². The topological polar surface area (TPSA) is 26.7 Å².